The molecule has 0 N–H and O–H groups in total. The maximum Gasteiger partial charge on any atom is -0.0149 e. The van der Waals surface area contributed by atoms with Gasteiger partial charge in [-0.05, 0) is 34.7 Å². The lowest BCUT2D eigenvalue weighted by Gasteiger charge is -2.10. The molecule has 0 saturated heterocycles. The molecule has 0 saturated carbocycles. The molecule has 0 heterocycles. The fourth-order valence-corrected chi connectivity index (χ4v) is 2.40. The normalized spacial score (nSPS) is 10.9. The SMILES string of the molecule is CCCc1ccc(CCC)c2ccccc12. The highest BCUT2D eigenvalue weighted by Gasteiger charge is 2.04. The minimum Gasteiger partial charge on any atom is -0.0651 e. The lowest BCUT2D eigenvalue weighted by Crippen LogP contribution is -1.91. The van der Waals surface area contributed by atoms with Crippen LogP contribution < -0.4 is 0 Å². The molecule has 0 fully saturated rings. The van der Waals surface area contributed by atoms with Gasteiger partial charge in [-0.15, -0.1) is 0 Å². The fraction of sp³-hybridized carbons (Fsp3) is 0.375. The summed E-state index contributed by atoms with van der Waals surface area (Å²) in [5, 5.41) is 2.91. The third-order valence-corrected chi connectivity index (χ3v) is 3.14. The zero-order valence-corrected chi connectivity index (χ0v) is 10.3. The molecular weight excluding hydrogens is 192 g/mol. The van der Waals surface area contributed by atoms with Crippen molar-refractivity contribution >= 4 is 10.8 Å². The Kier molecular flexibility index (Phi) is 3.61. The van der Waals surface area contributed by atoms with Crippen molar-refractivity contribution in [2.45, 2.75) is 39.5 Å². The van der Waals surface area contributed by atoms with E-state index in [1.165, 1.54) is 47.6 Å². The largest absolute Gasteiger partial charge is 0.0651 e. The first-order chi connectivity index (χ1) is 7.86. The molecule has 0 unspecified atom stereocenters. The van der Waals surface area contributed by atoms with Crippen molar-refractivity contribution < 1.29 is 0 Å². The van der Waals surface area contributed by atoms with E-state index in [-0.39, 0.29) is 0 Å². The lowest BCUT2D eigenvalue weighted by atomic mass is 9.95. The molecule has 0 amide bonds. The monoisotopic (exact) mass is 212 g/mol. The van der Waals surface area contributed by atoms with Gasteiger partial charge in [-0.2, -0.15) is 0 Å². The lowest BCUT2D eigenvalue weighted by molar-refractivity contribution is 0.916. The number of hydrogen-bond acceptors (Lipinski definition) is 0. The summed E-state index contributed by atoms with van der Waals surface area (Å²) in [6.07, 6.45) is 4.81. The van der Waals surface area contributed by atoms with E-state index >= 15 is 0 Å². The summed E-state index contributed by atoms with van der Waals surface area (Å²) in [6.45, 7) is 4.49. The van der Waals surface area contributed by atoms with Crippen LogP contribution in [0.5, 0.6) is 0 Å². The van der Waals surface area contributed by atoms with Crippen LogP contribution in [0.25, 0.3) is 10.8 Å². The minimum atomic E-state index is 1.19. The Morgan fingerprint density at radius 2 is 1.12 bits per heavy atom. The summed E-state index contributed by atoms with van der Waals surface area (Å²) in [5.74, 6) is 0. The first kappa shape index (κ1) is 11.2. The number of fused-ring (bicyclic) bond motifs is 1. The van der Waals surface area contributed by atoms with Crippen molar-refractivity contribution in [3.05, 3.63) is 47.5 Å². The summed E-state index contributed by atoms with van der Waals surface area (Å²) in [5.41, 5.74) is 3.00. The van der Waals surface area contributed by atoms with Gasteiger partial charge in [0.15, 0.2) is 0 Å². The Bertz CT molecular complexity index is 424. The smallest absolute Gasteiger partial charge is 0.0149 e. The first-order valence-electron chi connectivity index (χ1n) is 6.36. The molecule has 2 rings (SSSR count). The van der Waals surface area contributed by atoms with E-state index in [4.69, 9.17) is 0 Å². The van der Waals surface area contributed by atoms with E-state index in [0.29, 0.717) is 0 Å². The predicted octanol–water partition coefficient (Wildman–Crippen LogP) is 4.74. The fourth-order valence-electron chi connectivity index (χ4n) is 2.40. The molecule has 0 aromatic heterocycles. The van der Waals surface area contributed by atoms with Crippen molar-refractivity contribution in [1.29, 1.82) is 0 Å². The second-order valence-electron chi connectivity index (χ2n) is 4.43. The van der Waals surface area contributed by atoms with Gasteiger partial charge in [-0.3, -0.25) is 0 Å². The van der Waals surface area contributed by atoms with Crippen LogP contribution in [0.3, 0.4) is 0 Å². The van der Waals surface area contributed by atoms with Gasteiger partial charge >= 0.3 is 0 Å². The third kappa shape index (κ3) is 2.11. The van der Waals surface area contributed by atoms with Crippen molar-refractivity contribution in [2.75, 3.05) is 0 Å². The summed E-state index contributed by atoms with van der Waals surface area (Å²) < 4.78 is 0. The molecule has 0 atom stereocenters. The molecule has 0 aliphatic rings. The van der Waals surface area contributed by atoms with Crippen molar-refractivity contribution in [2.24, 2.45) is 0 Å². The third-order valence-electron chi connectivity index (χ3n) is 3.14. The van der Waals surface area contributed by atoms with Crippen molar-refractivity contribution in [3.8, 4) is 0 Å². The van der Waals surface area contributed by atoms with Gasteiger partial charge in [0.25, 0.3) is 0 Å². The number of aryl methyl sites for hydroxylation is 2. The van der Waals surface area contributed by atoms with Crippen LogP contribution in [-0.2, 0) is 12.8 Å². The molecule has 0 heteroatoms. The van der Waals surface area contributed by atoms with E-state index in [0.717, 1.165) is 0 Å². The molecule has 0 nitrogen and oxygen atoms in total. The molecular formula is C16H20. The predicted molar refractivity (Wildman–Crippen MR) is 71.9 cm³/mol. The number of rotatable bonds is 4. The van der Waals surface area contributed by atoms with Crippen LogP contribution in [0.4, 0.5) is 0 Å². The summed E-state index contributed by atoms with van der Waals surface area (Å²) >= 11 is 0. The zero-order chi connectivity index (χ0) is 11.4. The van der Waals surface area contributed by atoms with Crippen LogP contribution in [0.15, 0.2) is 36.4 Å². The maximum absolute atomic E-state index is 2.32. The van der Waals surface area contributed by atoms with Crippen molar-refractivity contribution in [1.82, 2.24) is 0 Å². The summed E-state index contributed by atoms with van der Waals surface area (Å²) in [4.78, 5) is 0. The first-order valence-corrected chi connectivity index (χ1v) is 6.36. The zero-order valence-electron chi connectivity index (χ0n) is 10.3. The summed E-state index contributed by atoms with van der Waals surface area (Å²) in [6, 6.07) is 13.5. The topological polar surface area (TPSA) is 0 Å². The van der Waals surface area contributed by atoms with E-state index in [1.807, 2.05) is 0 Å². The standard InChI is InChI=1S/C16H20/c1-3-7-13-11-12-14(8-4-2)16-10-6-5-9-15(13)16/h5-6,9-12H,3-4,7-8H2,1-2H3. The Labute approximate surface area is 98.3 Å². The molecule has 0 spiro atoms. The van der Waals surface area contributed by atoms with Gasteiger partial charge in [0.2, 0.25) is 0 Å². The molecule has 84 valence electrons. The van der Waals surface area contributed by atoms with Crippen molar-refractivity contribution in [3.63, 3.8) is 0 Å². The van der Waals surface area contributed by atoms with Gasteiger partial charge in [-0.1, -0.05) is 63.1 Å². The van der Waals surface area contributed by atoms with Gasteiger partial charge in [-0.25, -0.2) is 0 Å². The van der Waals surface area contributed by atoms with E-state index in [9.17, 15) is 0 Å². The van der Waals surface area contributed by atoms with Crippen LogP contribution in [0, 0.1) is 0 Å². The Morgan fingerprint density at radius 3 is 1.50 bits per heavy atom. The highest BCUT2D eigenvalue weighted by Crippen LogP contribution is 2.24. The maximum atomic E-state index is 2.32. The van der Waals surface area contributed by atoms with Crippen LogP contribution in [0.1, 0.15) is 37.8 Å². The Balaban J connectivity index is 2.57. The minimum absolute atomic E-state index is 1.19. The second kappa shape index (κ2) is 5.16. The average Bonchev–Trinajstić information content (AvgIpc) is 2.33. The highest BCUT2D eigenvalue weighted by atomic mass is 14.1. The number of benzene rings is 2. The number of hydrogen-bond donors (Lipinski definition) is 0. The molecule has 0 aliphatic carbocycles. The molecule has 0 aliphatic heterocycles. The second-order valence-corrected chi connectivity index (χ2v) is 4.43. The van der Waals surface area contributed by atoms with E-state index < -0.39 is 0 Å². The van der Waals surface area contributed by atoms with Crippen LogP contribution >= 0.6 is 0 Å². The van der Waals surface area contributed by atoms with Gasteiger partial charge < -0.3 is 0 Å². The molecule has 16 heavy (non-hydrogen) atoms. The van der Waals surface area contributed by atoms with Gasteiger partial charge in [0.1, 0.15) is 0 Å². The Morgan fingerprint density at radius 1 is 0.688 bits per heavy atom. The van der Waals surface area contributed by atoms with Crippen LogP contribution in [-0.4, -0.2) is 0 Å². The molecule has 2 aromatic carbocycles. The van der Waals surface area contributed by atoms with E-state index in [2.05, 4.69) is 50.2 Å². The molecule has 2 aromatic rings. The molecule has 0 radical (unpaired) electrons. The van der Waals surface area contributed by atoms with Gasteiger partial charge in [0.05, 0.1) is 0 Å². The van der Waals surface area contributed by atoms with E-state index in [1.54, 1.807) is 0 Å². The highest BCUT2D eigenvalue weighted by molar-refractivity contribution is 5.88. The summed E-state index contributed by atoms with van der Waals surface area (Å²) in [7, 11) is 0. The van der Waals surface area contributed by atoms with Crippen LogP contribution in [0.2, 0.25) is 0 Å². The quantitative estimate of drug-likeness (QED) is 0.686. The van der Waals surface area contributed by atoms with Gasteiger partial charge in [0, 0.05) is 0 Å². The Hall–Kier alpha value is -1.30. The molecule has 0 bridgehead atoms. The average molecular weight is 212 g/mol.